The van der Waals surface area contributed by atoms with Gasteiger partial charge in [0.05, 0.1) is 0 Å². The van der Waals surface area contributed by atoms with Gasteiger partial charge in [-0.15, -0.1) is 12.4 Å². The summed E-state index contributed by atoms with van der Waals surface area (Å²) in [6.45, 7) is 4.61. The summed E-state index contributed by atoms with van der Waals surface area (Å²) in [7, 11) is 0. The van der Waals surface area contributed by atoms with Crippen LogP contribution in [0, 0.1) is 5.92 Å². The Labute approximate surface area is 119 Å². The Hall–Kier alpha value is -1.33. The van der Waals surface area contributed by atoms with Gasteiger partial charge in [0.2, 0.25) is 5.91 Å². The highest BCUT2D eigenvalue weighted by Crippen LogP contribution is 2.03. The highest BCUT2D eigenvalue weighted by molar-refractivity contribution is 5.85. The second-order valence-electron chi connectivity index (χ2n) is 4.80. The number of rotatable bonds is 6. The van der Waals surface area contributed by atoms with Gasteiger partial charge in [-0.25, -0.2) is 0 Å². The molecule has 6 heteroatoms. The molecule has 3 N–H and O–H groups in total. The van der Waals surface area contributed by atoms with Gasteiger partial charge in [0, 0.05) is 24.8 Å². The minimum absolute atomic E-state index is 0. The molecule has 0 spiro atoms. The lowest BCUT2D eigenvalue weighted by Gasteiger charge is -2.19. The maximum Gasteiger partial charge on any atom is 0.250 e. The number of amides is 1. The van der Waals surface area contributed by atoms with Crippen LogP contribution in [0.4, 0.5) is 0 Å². The van der Waals surface area contributed by atoms with Gasteiger partial charge < -0.3 is 15.6 Å². The van der Waals surface area contributed by atoms with E-state index in [-0.39, 0.29) is 36.5 Å². The van der Waals surface area contributed by atoms with Crippen LogP contribution < -0.4 is 16.6 Å². The molecule has 1 unspecified atom stereocenters. The second kappa shape index (κ2) is 8.72. The Morgan fingerprint density at radius 2 is 2.11 bits per heavy atom. The molecule has 0 saturated heterocycles. The average molecular weight is 288 g/mol. The van der Waals surface area contributed by atoms with Crippen LogP contribution in [0.25, 0.3) is 0 Å². The number of halogens is 1. The fourth-order valence-electron chi connectivity index (χ4n) is 1.80. The van der Waals surface area contributed by atoms with Gasteiger partial charge in [0.25, 0.3) is 5.56 Å². The van der Waals surface area contributed by atoms with Gasteiger partial charge in [-0.2, -0.15) is 0 Å². The molecule has 0 aliphatic carbocycles. The third-order valence-electron chi connectivity index (χ3n) is 2.62. The van der Waals surface area contributed by atoms with Crippen molar-refractivity contribution in [2.45, 2.75) is 32.9 Å². The molecular formula is C13H22ClN3O2. The number of hydrogen-bond donors (Lipinski definition) is 2. The molecule has 1 atom stereocenters. The Bertz CT molecular complexity index is 446. The van der Waals surface area contributed by atoms with Crippen molar-refractivity contribution in [3.8, 4) is 0 Å². The van der Waals surface area contributed by atoms with E-state index in [1.165, 1.54) is 10.6 Å². The largest absolute Gasteiger partial charge is 0.351 e. The van der Waals surface area contributed by atoms with E-state index in [1.54, 1.807) is 18.3 Å². The monoisotopic (exact) mass is 287 g/mol. The average Bonchev–Trinajstić information content (AvgIpc) is 2.30. The molecule has 0 radical (unpaired) electrons. The van der Waals surface area contributed by atoms with E-state index in [2.05, 4.69) is 19.2 Å². The maximum absolute atomic E-state index is 11.8. The minimum atomic E-state index is -0.181. The molecular weight excluding hydrogens is 266 g/mol. The fourth-order valence-corrected chi connectivity index (χ4v) is 1.80. The topological polar surface area (TPSA) is 77.1 Å². The number of nitrogens with one attached hydrogen (secondary N) is 1. The number of aromatic nitrogens is 1. The van der Waals surface area contributed by atoms with E-state index < -0.39 is 0 Å². The van der Waals surface area contributed by atoms with Crippen molar-refractivity contribution >= 4 is 18.3 Å². The van der Waals surface area contributed by atoms with Crippen molar-refractivity contribution in [3.63, 3.8) is 0 Å². The van der Waals surface area contributed by atoms with Gasteiger partial charge in [0.15, 0.2) is 0 Å². The molecule has 0 aromatic carbocycles. The van der Waals surface area contributed by atoms with Crippen molar-refractivity contribution in [1.29, 1.82) is 0 Å². The summed E-state index contributed by atoms with van der Waals surface area (Å²) in [5.74, 6) is 0.290. The predicted molar refractivity (Wildman–Crippen MR) is 78.4 cm³/mol. The molecule has 0 aliphatic rings. The van der Waals surface area contributed by atoms with Crippen LogP contribution in [0.1, 0.15) is 20.3 Å². The van der Waals surface area contributed by atoms with Crippen molar-refractivity contribution in [2.24, 2.45) is 11.7 Å². The van der Waals surface area contributed by atoms with E-state index in [0.29, 0.717) is 12.5 Å². The summed E-state index contributed by atoms with van der Waals surface area (Å²) in [5.41, 5.74) is 5.43. The van der Waals surface area contributed by atoms with Gasteiger partial charge >= 0.3 is 0 Å². The van der Waals surface area contributed by atoms with Crippen molar-refractivity contribution in [3.05, 3.63) is 34.7 Å². The number of pyridine rings is 1. The first-order valence-corrected chi connectivity index (χ1v) is 6.17. The summed E-state index contributed by atoms with van der Waals surface area (Å²) in [4.78, 5) is 23.2. The number of hydrogen-bond acceptors (Lipinski definition) is 3. The van der Waals surface area contributed by atoms with Crippen LogP contribution >= 0.6 is 12.4 Å². The summed E-state index contributed by atoms with van der Waals surface area (Å²) in [5, 5.41) is 2.85. The molecule has 1 aromatic rings. The highest BCUT2D eigenvalue weighted by atomic mass is 35.5. The number of carbonyl (C=O) groups is 1. The zero-order chi connectivity index (χ0) is 13.5. The lowest BCUT2D eigenvalue weighted by Crippen LogP contribution is -2.43. The quantitative estimate of drug-likeness (QED) is 0.811. The van der Waals surface area contributed by atoms with E-state index in [4.69, 9.17) is 5.73 Å². The zero-order valence-electron chi connectivity index (χ0n) is 11.3. The first-order valence-electron chi connectivity index (χ1n) is 6.17. The van der Waals surface area contributed by atoms with Crippen LogP contribution in [0.5, 0.6) is 0 Å². The molecule has 0 saturated carbocycles. The predicted octanol–water partition coefficient (Wildman–Crippen LogP) is 0.760. The third kappa shape index (κ3) is 6.40. The van der Waals surface area contributed by atoms with Crippen LogP contribution in [0.2, 0.25) is 0 Å². The highest BCUT2D eigenvalue weighted by Gasteiger charge is 2.12. The summed E-state index contributed by atoms with van der Waals surface area (Å²) in [6, 6.07) is 4.78. The smallest absolute Gasteiger partial charge is 0.250 e. The first kappa shape index (κ1) is 17.7. The molecule has 5 nitrogen and oxygen atoms in total. The summed E-state index contributed by atoms with van der Waals surface area (Å²) in [6.07, 6.45) is 2.44. The van der Waals surface area contributed by atoms with Crippen LogP contribution in [-0.4, -0.2) is 23.1 Å². The normalized spacial score (nSPS) is 11.8. The van der Waals surface area contributed by atoms with Gasteiger partial charge in [-0.1, -0.05) is 19.9 Å². The Balaban J connectivity index is 0.00000324. The first-order chi connectivity index (χ1) is 8.52. The molecule has 0 fully saturated rings. The number of carbonyl (C=O) groups excluding carboxylic acids is 1. The molecule has 0 aliphatic heterocycles. The summed E-state index contributed by atoms with van der Waals surface area (Å²) >= 11 is 0. The Kier molecular flexibility index (Phi) is 8.11. The van der Waals surface area contributed by atoms with Crippen LogP contribution in [-0.2, 0) is 11.3 Å². The molecule has 0 bridgehead atoms. The van der Waals surface area contributed by atoms with E-state index in [1.807, 2.05) is 0 Å². The minimum Gasteiger partial charge on any atom is -0.351 e. The van der Waals surface area contributed by atoms with Gasteiger partial charge in [-0.05, 0) is 18.4 Å². The zero-order valence-corrected chi connectivity index (χ0v) is 12.2. The van der Waals surface area contributed by atoms with E-state index in [9.17, 15) is 9.59 Å². The van der Waals surface area contributed by atoms with E-state index >= 15 is 0 Å². The third-order valence-corrected chi connectivity index (χ3v) is 2.62. The fraction of sp³-hybridized carbons (Fsp3) is 0.538. The lowest BCUT2D eigenvalue weighted by atomic mass is 10.0. The molecule has 1 rings (SSSR count). The second-order valence-corrected chi connectivity index (χ2v) is 4.80. The lowest BCUT2D eigenvalue weighted by molar-refractivity contribution is -0.122. The molecule has 1 aromatic heterocycles. The summed E-state index contributed by atoms with van der Waals surface area (Å²) < 4.78 is 1.37. The van der Waals surface area contributed by atoms with Crippen molar-refractivity contribution in [1.82, 2.24) is 9.88 Å². The molecule has 1 heterocycles. The standard InChI is InChI=1S/C13H21N3O2.ClH/c1-10(2)7-11(8-14)15-12(17)9-16-6-4-3-5-13(16)18;/h3-6,10-11H,7-9,14H2,1-2H3,(H,15,17);1H. The van der Waals surface area contributed by atoms with Crippen LogP contribution in [0.15, 0.2) is 29.2 Å². The van der Waals surface area contributed by atoms with Crippen molar-refractivity contribution in [2.75, 3.05) is 6.54 Å². The molecule has 1 amide bonds. The molecule has 108 valence electrons. The maximum atomic E-state index is 11.8. The Morgan fingerprint density at radius 3 is 2.63 bits per heavy atom. The van der Waals surface area contributed by atoms with Crippen molar-refractivity contribution < 1.29 is 4.79 Å². The Morgan fingerprint density at radius 1 is 1.42 bits per heavy atom. The number of nitrogens with zero attached hydrogens (tertiary/aromatic N) is 1. The van der Waals surface area contributed by atoms with Gasteiger partial charge in [-0.3, -0.25) is 9.59 Å². The molecule has 19 heavy (non-hydrogen) atoms. The van der Waals surface area contributed by atoms with Crippen LogP contribution in [0.3, 0.4) is 0 Å². The van der Waals surface area contributed by atoms with E-state index in [0.717, 1.165) is 6.42 Å². The SMILES string of the molecule is CC(C)CC(CN)NC(=O)Cn1ccccc1=O.Cl. The number of nitrogens with two attached hydrogens (primary N) is 1. The van der Waals surface area contributed by atoms with Gasteiger partial charge in [0.1, 0.15) is 6.54 Å².